The number of aryl methyl sites for hydroxylation is 3. The molecule has 3 rings (SSSR count). The van der Waals surface area contributed by atoms with Crippen LogP contribution in [0, 0.1) is 13.8 Å². The lowest BCUT2D eigenvalue weighted by atomic mass is 10.1. The summed E-state index contributed by atoms with van der Waals surface area (Å²) < 4.78 is 6.88. The molecule has 6 nitrogen and oxygen atoms in total. The third kappa shape index (κ3) is 3.69. The Morgan fingerprint density at radius 1 is 1.30 bits per heavy atom. The van der Waals surface area contributed by atoms with E-state index in [0.717, 1.165) is 39.8 Å². The van der Waals surface area contributed by atoms with E-state index in [9.17, 15) is 9.59 Å². The van der Waals surface area contributed by atoms with Crippen molar-refractivity contribution in [3.05, 3.63) is 58.6 Å². The van der Waals surface area contributed by atoms with Crippen LogP contribution in [0.3, 0.4) is 0 Å². The van der Waals surface area contributed by atoms with Gasteiger partial charge in [-0.15, -0.1) is 0 Å². The largest absolute Gasteiger partial charge is 0.454 e. The number of para-hydroxylation sites is 1. The van der Waals surface area contributed by atoms with Gasteiger partial charge in [0, 0.05) is 47.0 Å². The van der Waals surface area contributed by atoms with E-state index >= 15 is 0 Å². The number of ketones is 1. The van der Waals surface area contributed by atoms with Crippen molar-refractivity contribution >= 4 is 28.7 Å². The number of ether oxygens (including phenoxy) is 1. The van der Waals surface area contributed by atoms with Crippen LogP contribution in [0.4, 0.5) is 0 Å². The topological polar surface area (TPSA) is 77.0 Å². The molecular weight excluding hydrogens is 342 g/mol. The minimum atomic E-state index is -0.555. The van der Waals surface area contributed by atoms with Crippen LogP contribution in [0.5, 0.6) is 0 Å². The molecule has 2 aromatic heterocycles. The van der Waals surface area contributed by atoms with Crippen molar-refractivity contribution in [3.63, 3.8) is 0 Å². The molecule has 0 saturated carbocycles. The van der Waals surface area contributed by atoms with Crippen LogP contribution in [-0.2, 0) is 23.0 Å². The lowest BCUT2D eigenvalue weighted by molar-refractivity contribution is -0.136. The number of Topliss-reactive ketones (excluding diaryl/α,β-unsaturated/α-hetero) is 1. The summed E-state index contributed by atoms with van der Waals surface area (Å²) in [7, 11) is 1.85. The van der Waals surface area contributed by atoms with Crippen molar-refractivity contribution in [3.8, 4) is 0 Å². The van der Waals surface area contributed by atoms with Gasteiger partial charge in [-0.3, -0.25) is 9.48 Å². The maximum absolute atomic E-state index is 12.5. The number of nitrogens with zero attached hydrogens (tertiary/aromatic N) is 2. The van der Waals surface area contributed by atoms with Crippen LogP contribution < -0.4 is 0 Å². The number of rotatable bonds is 6. The molecule has 1 N–H and O–H groups in total. The van der Waals surface area contributed by atoms with Gasteiger partial charge in [0.05, 0.1) is 5.69 Å². The average molecular weight is 365 g/mol. The van der Waals surface area contributed by atoms with Crippen LogP contribution >= 0.6 is 0 Å². The van der Waals surface area contributed by atoms with E-state index in [0.29, 0.717) is 5.56 Å². The van der Waals surface area contributed by atoms with Gasteiger partial charge in [0.1, 0.15) is 0 Å². The predicted molar refractivity (Wildman–Crippen MR) is 105 cm³/mol. The van der Waals surface area contributed by atoms with Crippen LogP contribution in [0.15, 0.2) is 30.5 Å². The van der Waals surface area contributed by atoms with Crippen LogP contribution in [-0.4, -0.2) is 33.1 Å². The molecule has 0 aliphatic carbocycles. The van der Waals surface area contributed by atoms with E-state index < -0.39 is 5.97 Å². The summed E-state index contributed by atoms with van der Waals surface area (Å²) in [5, 5.41) is 5.15. The zero-order valence-corrected chi connectivity index (χ0v) is 16.0. The summed E-state index contributed by atoms with van der Waals surface area (Å²) in [6, 6.07) is 5.85. The fourth-order valence-corrected chi connectivity index (χ4v) is 3.19. The lowest BCUT2D eigenvalue weighted by Crippen LogP contribution is -2.12. The standard InChI is InChI=1S/C21H23N3O3/c1-5-15-7-6-8-17-18(11-22-21(15)17)19(25)12-27-20(26)10-9-16-13(2)23-24(4)14(16)3/h6-11,22H,5,12H2,1-4H3/b10-9+. The quantitative estimate of drug-likeness (QED) is 0.412. The van der Waals surface area contributed by atoms with Gasteiger partial charge in [0.2, 0.25) is 5.78 Å². The normalized spacial score (nSPS) is 11.4. The number of aromatic nitrogens is 3. The van der Waals surface area contributed by atoms with Gasteiger partial charge in [-0.1, -0.05) is 25.1 Å². The number of H-pyrrole nitrogens is 1. The van der Waals surface area contributed by atoms with Crippen LogP contribution in [0.1, 0.15) is 39.8 Å². The second-order valence-corrected chi connectivity index (χ2v) is 6.47. The zero-order chi connectivity index (χ0) is 19.6. The highest BCUT2D eigenvalue weighted by atomic mass is 16.5. The number of carbonyl (C=O) groups is 2. The number of esters is 1. The Morgan fingerprint density at radius 3 is 2.74 bits per heavy atom. The Bertz CT molecular complexity index is 1040. The average Bonchev–Trinajstić information content (AvgIpc) is 3.19. The Balaban J connectivity index is 1.67. The van der Waals surface area contributed by atoms with Gasteiger partial charge in [0.15, 0.2) is 6.61 Å². The van der Waals surface area contributed by atoms with E-state index in [-0.39, 0.29) is 12.4 Å². The number of nitrogens with one attached hydrogen (secondary N) is 1. The van der Waals surface area contributed by atoms with E-state index in [1.54, 1.807) is 17.0 Å². The van der Waals surface area contributed by atoms with Crippen molar-refractivity contribution in [1.29, 1.82) is 0 Å². The molecule has 0 aliphatic rings. The molecule has 2 heterocycles. The molecule has 0 fully saturated rings. The lowest BCUT2D eigenvalue weighted by Gasteiger charge is -2.02. The minimum Gasteiger partial charge on any atom is -0.454 e. The van der Waals surface area contributed by atoms with Crippen molar-refractivity contribution in [1.82, 2.24) is 14.8 Å². The Hall–Kier alpha value is -3.15. The van der Waals surface area contributed by atoms with Crippen molar-refractivity contribution < 1.29 is 14.3 Å². The monoisotopic (exact) mass is 365 g/mol. The number of hydrogen-bond donors (Lipinski definition) is 1. The molecule has 6 heteroatoms. The van der Waals surface area contributed by atoms with Crippen molar-refractivity contribution in [2.24, 2.45) is 7.05 Å². The summed E-state index contributed by atoms with van der Waals surface area (Å²) in [5.74, 6) is -0.787. The molecule has 0 saturated heterocycles. The molecule has 0 amide bonds. The van der Waals surface area contributed by atoms with Gasteiger partial charge in [-0.25, -0.2) is 4.79 Å². The molecule has 0 radical (unpaired) electrons. The number of benzene rings is 1. The molecule has 0 atom stereocenters. The fraction of sp³-hybridized carbons (Fsp3) is 0.286. The van der Waals surface area contributed by atoms with Gasteiger partial charge in [-0.05, 0) is 31.9 Å². The molecule has 0 unspecified atom stereocenters. The third-order valence-corrected chi connectivity index (χ3v) is 4.78. The molecule has 0 aliphatic heterocycles. The van der Waals surface area contributed by atoms with Crippen LogP contribution in [0.25, 0.3) is 17.0 Å². The third-order valence-electron chi connectivity index (χ3n) is 4.78. The van der Waals surface area contributed by atoms with Crippen LogP contribution in [0.2, 0.25) is 0 Å². The highest BCUT2D eigenvalue weighted by Gasteiger charge is 2.15. The SMILES string of the molecule is CCc1cccc2c(C(=O)COC(=O)/C=C/c3c(C)nn(C)c3C)c[nH]c12. The van der Waals surface area contributed by atoms with Crippen molar-refractivity contribution in [2.75, 3.05) is 6.61 Å². The first-order valence-electron chi connectivity index (χ1n) is 8.89. The summed E-state index contributed by atoms with van der Waals surface area (Å²) in [6.45, 7) is 5.58. The fourth-order valence-electron chi connectivity index (χ4n) is 3.19. The highest BCUT2D eigenvalue weighted by Crippen LogP contribution is 2.22. The number of aromatic amines is 1. The molecule has 0 spiro atoms. The van der Waals surface area contributed by atoms with E-state index in [4.69, 9.17) is 4.74 Å². The summed E-state index contributed by atoms with van der Waals surface area (Å²) >= 11 is 0. The molecule has 27 heavy (non-hydrogen) atoms. The van der Waals surface area contributed by atoms with Gasteiger partial charge in [0.25, 0.3) is 0 Å². The number of carbonyl (C=O) groups excluding carboxylic acids is 2. The van der Waals surface area contributed by atoms with E-state index in [1.807, 2.05) is 39.1 Å². The van der Waals surface area contributed by atoms with Gasteiger partial charge in [-0.2, -0.15) is 5.10 Å². The highest BCUT2D eigenvalue weighted by molar-refractivity contribution is 6.09. The first-order valence-corrected chi connectivity index (χ1v) is 8.89. The first-order chi connectivity index (χ1) is 12.9. The summed E-state index contributed by atoms with van der Waals surface area (Å²) in [5.41, 5.74) is 5.31. The number of fused-ring (bicyclic) bond motifs is 1. The Labute approximate surface area is 157 Å². The first kappa shape index (κ1) is 18.6. The van der Waals surface area contributed by atoms with Crippen molar-refractivity contribution in [2.45, 2.75) is 27.2 Å². The Kier molecular flexibility index (Phi) is 5.26. The number of hydrogen-bond acceptors (Lipinski definition) is 4. The van der Waals surface area contributed by atoms with E-state index in [1.165, 1.54) is 6.08 Å². The predicted octanol–water partition coefficient (Wildman–Crippen LogP) is 3.52. The molecule has 1 aromatic carbocycles. The molecular formula is C21H23N3O3. The maximum Gasteiger partial charge on any atom is 0.331 e. The summed E-state index contributed by atoms with van der Waals surface area (Å²) in [6.07, 6.45) is 5.55. The second-order valence-electron chi connectivity index (χ2n) is 6.47. The van der Waals surface area contributed by atoms with Gasteiger partial charge < -0.3 is 9.72 Å². The second kappa shape index (κ2) is 7.61. The van der Waals surface area contributed by atoms with Gasteiger partial charge >= 0.3 is 5.97 Å². The maximum atomic E-state index is 12.5. The smallest absolute Gasteiger partial charge is 0.331 e. The minimum absolute atomic E-state index is 0.231. The van der Waals surface area contributed by atoms with E-state index in [2.05, 4.69) is 17.0 Å². The molecule has 0 bridgehead atoms. The Morgan fingerprint density at radius 2 is 2.07 bits per heavy atom. The zero-order valence-electron chi connectivity index (χ0n) is 16.0. The molecule has 140 valence electrons. The molecule has 3 aromatic rings. The summed E-state index contributed by atoms with van der Waals surface area (Å²) in [4.78, 5) is 27.6.